The number of halogens is 3. The second-order valence-corrected chi connectivity index (χ2v) is 7.69. The van der Waals surface area contributed by atoms with Crippen LogP contribution in [0.1, 0.15) is 6.92 Å². The van der Waals surface area contributed by atoms with Crippen LogP contribution >= 0.6 is 34.7 Å². The van der Waals surface area contributed by atoms with Crippen molar-refractivity contribution in [2.45, 2.75) is 25.2 Å². The molecule has 2 heterocycles. The normalized spacial score (nSPS) is 11.0. The maximum Gasteiger partial charge on any atom is 0.387 e. The lowest BCUT2D eigenvalue weighted by Gasteiger charge is -2.10. The molecule has 1 amide bonds. The molecule has 3 aromatic rings. The third-order valence-corrected chi connectivity index (χ3v) is 5.67. The lowest BCUT2D eigenvalue weighted by Crippen LogP contribution is -2.14. The Balaban J connectivity index is 1.61. The van der Waals surface area contributed by atoms with Gasteiger partial charge >= 0.3 is 6.61 Å². The number of hydrogen-bond acceptors (Lipinski definition) is 6. The molecule has 0 bridgehead atoms. The number of thioether (sulfide) groups is 1. The zero-order chi connectivity index (χ0) is 20.1. The average Bonchev–Trinajstić information content (AvgIpc) is 3.30. The van der Waals surface area contributed by atoms with E-state index in [4.69, 9.17) is 11.6 Å². The first-order valence-corrected chi connectivity index (χ1v) is 10.4. The quantitative estimate of drug-likeness (QED) is 0.494. The van der Waals surface area contributed by atoms with Crippen LogP contribution in [0.15, 0.2) is 40.9 Å². The first-order valence-electron chi connectivity index (χ1n) is 8.12. The van der Waals surface area contributed by atoms with Gasteiger partial charge in [0.1, 0.15) is 5.75 Å². The van der Waals surface area contributed by atoms with Gasteiger partial charge in [-0.25, -0.2) is 0 Å². The molecule has 148 valence electrons. The van der Waals surface area contributed by atoms with Crippen LogP contribution in [0.2, 0.25) is 5.02 Å². The van der Waals surface area contributed by atoms with Crippen LogP contribution < -0.4 is 10.1 Å². The van der Waals surface area contributed by atoms with Gasteiger partial charge < -0.3 is 14.6 Å². The number of hydrogen-bond donors (Lipinski definition) is 1. The molecule has 0 saturated heterocycles. The van der Waals surface area contributed by atoms with Crippen LogP contribution in [0.5, 0.6) is 5.75 Å². The number of rotatable bonds is 8. The van der Waals surface area contributed by atoms with Crippen molar-refractivity contribution in [1.82, 2.24) is 14.8 Å². The fraction of sp³-hybridized carbons (Fsp3) is 0.235. The third kappa shape index (κ3) is 5.00. The number of amides is 1. The Morgan fingerprint density at radius 2 is 2.21 bits per heavy atom. The monoisotopic (exact) mass is 444 g/mol. The van der Waals surface area contributed by atoms with E-state index in [2.05, 4.69) is 20.3 Å². The summed E-state index contributed by atoms with van der Waals surface area (Å²) in [5.74, 6) is 0.435. The topological polar surface area (TPSA) is 69.0 Å². The van der Waals surface area contributed by atoms with E-state index in [1.54, 1.807) is 11.3 Å². The second kappa shape index (κ2) is 9.35. The van der Waals surface area contributed by atoms with E-state index in [-0.39, 0.29) is 22.4 Å². The van der Waals surface area contributed by atoms with Crippen molar-refractivity contribution >= 4 is 46.3 Å². The summed E-state index contributed by atoms with van der Waals surface area (Å²) in [4.78, 5) is 13.2. The van der Waals surface area contributed by atoms with Crippen molar-refractivity contribution in [2.75, 3.05) is 11.1 Å². The van der Waals surface area contributed by atoms with Gasteiger partial charge in [0.15, 0.2) is 11.0 Å². The molecule has 0 atom stereocenters. The van der Waals surface area contributed by atoms with Gasteiger partial charge in [0.05, 0.1) is 15.7 Å². The highest BCUT2D eigenvalue weighted by atomic mass is 35.5. The van der Waals surface area contributed by atoms with E-state index in [1.807, 2.05) is 29.0 Å². The summed E-state index contributed by atoms with van der Waals surface area (Å²) >= 11 is 8.71. The largest absolute Gasteiger partial charge is 0.433 e. The predicted octanol–water partition coefficient (Wildman–Crippen LogP) is 5.01. The number of anilines is 1. The van der Waals surface area contributed by atoms with Gasteiger partial charge in [-0.2, -0.15) is 8.78 Å². The van der Waals surface area contributed by atoms with Crippen molar-refractivity contribution in [3.05, 3.63) is 40.7 Å². The Bertz CT molecular complexity index is 951. The zero-order valence-electron chi connectivity index (χ0n) is 14.6. The van der Waals surface area contributed by atoms with Crippen LogP contribution in [-0.4, -0.2) is 33.0 Å². The van der Waals surface area contributed by atoms with E-state index >= 15 is 0 Å². The minimum Gasteiger partial charge on any atom is -0.433 e. The molecular weight excluding hydrogens is 430 g/mol. The Hall–Kier alpha value is -2.17. The van der Waals surface area contributed by atoms with Crippen molar-refractivity contribution in [1.29, 1.82) is 0 Å². The van der Waals surface area contributed by atoms with Crippen molar-refractivity contribution in [2.24, 2.45) is 0 Å². The molecule has 2 aromatic heterocycles. The van der Waals surface area contributed by atoms with Crippen LogP contribution in [0.4, 0.5) is 14.5 Å². The molecule has 1 N–H and O–H groups in total. The van der Waals surface area contributed by atoms with Gasteiger partial charge in [-0.05, 0) is 36.6 Å². The fourth-order valence-corrected chi connectivity index (χ4v) is 4.11. The highest BCUT2D eigenvalue weighted by Gasteiger charge is 2.16. The van der Waals surface area contributed by atoms with Gasteiger partial charge in [-0.15, -0.1) is 21.5 Å². The number of ether oxygens (including phenoxy) is 1. The molecule has 3 rings (SSSR count). The number of carbonyl (C=O) groups is 1. The van der Waals surface area contributed by atoms with Gasteiger partial charge in [0, 0.05) is 12.2 Å². The molecule has 28 heavy (non-hydrogen) atoms. The smallest absolute Gasteiger partial charge is 0.387 e. The van der Waals surface area contributed by atoms with Gasteiger partial charge in [0.2, 0.25) is 5.91 Å². The van der Waals surface area contributed by atoms with Crippen LogP contribution in [0.25, 0.3) is 10.7 Å². The maximum atomic E-state index is 12.3. The summed E-state index contributed by atoms with van der Waals surface area (Å²) in [6.45, 7) is -0.314. The van der Waals surface area contributed by atoms with E-state index in [0.717, 1.165) is 10.7 Å². The average molecular weight is 445 g/mol. The first kappa shape index (κ1) is 20.6. The zero-order valence-corrected chi connectivity index (χ0v) is 17.0. The third-order valence-electron chi connectivity index (χ3n) is 3.54. The van der Waals surface area contributed by atoms with Crippen molar-refractivity contribution < 1.29 is 18.3 Å². The Kier molecular flexibility index (Phi) is 6.87. The van der Waals surface area contributed by atoms with E-state index < -0.39 is 6.61 Å². The Labute approximate surface area is 172 Å². The van der Waals surface area contributed by atoms with E-state index in [1.165, 1.54) is 30.0 Å². The molecule has 0 radical (unpaired) electrons. The highest BCUT2D eigenvalue weighted by molar-refractivity contribution is 7.99. The minimum absolute atomic E-state index is 0.0166. The SMILES string of the molecule is CCn1c(SCC(=O)Nc2ccc(OC(F)F)c(Cl)c2)nnc1-c1cccs1. The van der Waals surface area contributed by atoms with Crippen molar-refractivity contribution in [3.8, 4) is 16.5 Å². The van der Waals surface area contributed by atoms with E-state index in [0.29, 0.717) is 17.4 Å². The molecule has 0 aliphatic heterocycles. The van der Waals surface area contributed by atoms with Crippen molar-refractivity contribution in [3.63, 3.8) is 0 Å². The summed E-state index contributed by atoms with van der Waals surface area (Å²) in [5, 5.41) is 13.6. The highest BCUT2D eigenvalue weighted by Crippen LogP contribution is 2.30. The lowest BCUT2D eigenvalue weighted by molar-refractivity contribution is -0.113. The number of benzene rings is 1. The Morgan fingerprint density at radius 1 is 1.39 bits per heavy atom. The molecule has 0 saturated carbocycles. The molecule has 0 unspecified atom stereocenters. The number of nitrogens with one attached hydrogen (secondary N) is 1. The Morgan fingerprint density at radius 3 is 2.86 bits per heavy atom. The molecule has 6 nitrogen and oxygen atoms in total. The molecule has 0 fully saturated rings. The summed E-state index contributed by atoms with van der Waals surface area (Å²) < 4.78 is 30.7. The summed E-state index contributed by atoms with van der Waals surface area (Å²) in [7, 11) is 0. The fourth-order valence-electron chi connectivity index (χ4n) is 2.37. The second-order valence-electron chi connectivity index (χ2n) is 5.39. The number of alkyl halides is 2. The van der Waals surface area contributed by atoms with Gasteiger partial charge in [-0.1, -0.05) is 29.4 Å². The summed E-state index contributed by atoms with van der Waals surface area (Å²) in [6, 6.07) is 7.98. The summed E-state index contributed by atoms with van der Waals surface area (Å²) in [5.41, 5.74) is 0.383. The standard InChI is InChI=1S/C17H15ClF2N4O2S2/c1-2-24-15(13-4-3-7-27-13)22-23-17(24)28-9-14(25)21-10-5-6-12(11(18)8-10)26-16(19)20/h3-8,16H,2,9H2,1H3,(H,21,25). The lowest BCUT2D eigenvalue weighted by atomic mass is 10.3. The number of thiophene rings is 1. The molecule has 11 heteroatoms. The molecule has 0 aliphatic carbocycles. The maximum absolute atomic E-state index is 12.3. The number of carbonyl (C=O) groups excluding carboxylic acids is 1. The molecule has 0 aliphatic rings. The first-order chi connectivity index (χ1) is 13.5. The summed E-state index contributed by atoms with van der Waals surface area (Å²) in [6.07, 6.45) is 0. The molecule has 0 spiro atoms. The van der Waals surface area contributed by atoms with Gasteiger partial charge in [-0.3, -0.25) is 4.79 Å². The van der Waals surface area contributed by atoms with Crippen LogP contribution in [-0.2, 0) is 11.3 Å². The minimum atomic E-state index is -2.97. The van der Waals surface area contributed by atoms with E-state index in [9.17, 15) is 13.6 Å². The van der Waals surface area contributed by atoms with Gasteiger partial charge in [0.25, 0.3) is 0 Å². The van der Waals surface area contributed by atoms with Crippen LogP contribution in [0, 0.1) is 0 Å². The predicted molar refractivity (Wildman–Crippen MR) is 106 cm³/mol. The molecular formula is C17H15ClF2N4O2S2. The van der Waals surface area contributed by atoms with Crippen LogP contribution in [0.3, 0.4) is 0 Å². The number of aromatic nitrogens is 3. The molecule has 1 aromatic carbocycles. The number of nitrogens with zero attached hydrogens (tertiary/aromatic N) is 3.